The van der Waals surface area contributed by atoms with Gasteiger partial charge in [0.15, 0.2) is 0 Å². The number of carbonyl (C=O) groups is 1. The molecule has 0 spiro atoms. The van der Waals surface area contributed by atoms with Crippen LogP contribution in [0.3, 0.4) is 0 Å². The van der Waals surface area contributed by atoms with Crippen molar-refractivity contribution in [1.82, 2.24) is 10.2 Å². The molecule has 1 rings (SSSR count). The van der Waals surface area contributed by atoms with Crippen molar-refractivity contribution in [3.05, 3.63) is 11.8 Å². The molecule has 0 saturated heterocycles. The Kier molecular flexibility index (Phi) is 1.94. The molecule has 0 aromatic heterocycles. The van der Waals surface area contributed by atoms with E-state index in [2.05, 4.69) is 5.32 Å². The number of nitrogens with zero attached hydrogens (tertiary/aromatic N) is 1. The Morgan fingerprint density at radius 2 is 2.40 bits per heavy atom. The normalized spacial score (nSPS) is 18.8. The summed E-state index contributed by atoms with van der Waals surface area (Å²) in [7, 11) is 3.65. The molecular formula is C7H12N2O. The van der Waals surface area contributed by atoms with Crippen molar-refractivity contribution in [2.45, 2.75) is 6.42 Å². The van der Waals surface area contributed by atoms with Gasteiger partial charge in [-0.15, -0.1) is 0 Å². The van der Waals surface area contributed by atoms with Gasteiger partial charge in [-0.1, -0.05) is 0 Å². The van der Waals surface area contributed by atoms with Crippen LogP contribution in [0.5, 0.6) is 0 Å². The molecule has 1 heterocycles. The molecular weight excluding hydrogens is 128 g/mol. The molecule has 1 amide bonds. The lowest BCUT2D eigenvalue weighted by Crippen LogP contribution is -2.32. The van der Waals surface area contributed by atoms with Crippen LogP contribution in [0.1, 0.15) is 6.42 Å². The molecule has 3 heteroatoms. The molecule has 3 nitrogen and oxygen atoms in total. The first-order valence-electron chi connectivity index (χ1n) is 3.37. The fourth-order valence-corrected chi connectivity index (χ4v) is 0.927. The second-order valence-electron chi connectivity index (χ2n) is 2.43. The monoisotopic (exact) mass is 140 g/mol. The summed E-state index contributed by atoms with van der Waals surface area (Å²) in [5.74, 6) is 0.0931. The number of nitrogens with one attached hydrogen (secondary N) is 1. The molecule has 0 radical (unpaired) electrons. The number of carbonyl (C=O) groups excluding carboxylic acids is 1. The van der Waals surface area contributed by atoms with Gasteiger partial charge in [-0.05, 0) is 0 Å². The van der Waals surface area contributed by atoms with Gasteiger partial charge in [0.1, 0.15) is 0 Å². The quantitative estimate of drug-likeness (QED) is 0.554. The molecule has 0 bridgehead atoms. The summed E-state index contributed by atoms with van der Waals surface area (Å²) < 4.78 is 0. The summed E-state index contributed by atoms with van der Waals surface area (Å²) >= 11 is 0. The highest BCUT2D eigenvalue weighted by molar-refractivity contribution is 5.88. The van der Waals surface area contributed by atoms with E-state index in [1.807, 2.05) is 14.1 Å². The number of hydrogen-bond donors (Lipinski definition) is 1. The Morgan fingerprint density at radius 3 is 2.90 bits per heavy atom. The minimum absolute atomic E-state index is 0.0931. The van der Waals surface area contributed by atoms with E-state index in [1.54, 1.807) is 11.0 Å². The van der Waals surface area contributed by atoms with Gasteiger partial charge in [0.2, 0.25) is 5.91 Å². The van der Waals surface area contributed by atoms with E-state index < -0.39 is 0 Å². The zero-order valence-corrected chi connectivity index (χ0v) is 6.35. The Bertz CT molecular complexity index is 174. The molecule has 0 aliphatic carbocycles. The number of amides is 1. The van der Waals surface area contributed by atoms with Gasteiger partial charge in [0.05, 0.1) is 0 Å². The lowest BCUT2D eigenvalue weighted by atomic mass is 10.2. The molecule has 0 aromatic carbocycles. The Morgan fingerprint density at radius 1 is 1.70 bits per heavy atom. The van der Waals surface area contributed by atoms with Crippen molar-refractivity contribution in [1.29, 1.82) is 0 Å². The van der Waals surface area contributed by atoms with Gasteiger partial charge in [-0.2, -0.15) is 0 Å². The molecule has 0 saturated carbocycles. The Labute approximate surface area is 60.7 Å². The van der Waals surface area contributed by atoms with Crippen LogP contribution in [0.4, 0.5) is 0 Å². The molecule has 10 heavy (non-hydrogen) atoms. The van der Waals surface area contributed by atoms with Gasteiger partial charge < -0.3 is 10.2 Å². The number of likely N-dealkylation sites (N-methyl/N-ethyl adjacent to an activating group) is 1. The zero-order valence-electron chi connectivity index (χ0n) is 6.35. The standard InChI is InChI=1S/C7H12N2O/c1-8-6-3-4-9(2)7(10)5-6/h5,8H,3-4H2,1-2H3. The maximum atomic E-state index is 11.0. The van der Waals surface area contributed by atoms with Crippen molar-refractivity contribution >= 4 is 5.91 Å². The van der Waals surface area contributed by atoms with Gasteiger partial charge in [0, 0.05) is 38.8 Å². The molecule has 1 N–H and O–H groups in total. The predicted octanol–water partition coefficient (Wildman–Crippen LogP) is -0.0482. The van der Waals surface area contributed by atoms with Crippen molar-refractivity contribution in [2.24, 2.45) is 0 Å². The van der Waals surface area contributed by atoms with Crippen LogP contribution < -0.4 is 5.32 Å². The third-order valence-corrected chi connectivity index (χ3v) is 1.71. The van der Waals surface area contributed by atoms with Crippen molar-refractivity contribution < 1.29 is 4.79 Å². The lowest BCUT2D eigenvalue weighted by molar-refractivity contribution is -0.125. The SMILES string of the molecule is CNC1=CC(=O)N(C)CC1. The third-order valence-electron chi connectivity index (χ3n) is 1.71. The van der Waals surface area contributed by atoms with E-state index in [1.165, 1.54) is 0 Å². The molecule has 0 fully saturated rings. The second kappa shape index (κ2) is 2.73. The second-order valence-corrected chi connectivity index (χ2v) is 2.43. The molecule has 1 aliphatic heterocycles. The van der Waals surface area contributed by atoms with E-state index in [0.717, 1.165) is 18.7 Å². The summed E-state index contributed by atoms with van der Waals surface area (Å²) in [5.41, 5.74) is 1.03. The topological polar surface area (TPSA) is 32.3 Å². The van der Waals surface area contributed by atoms with E-state index in [-0.39, 0.29) is 5.91 Å². The fourth-order valence-electron chi connectivity index (χ4n) is 0.927. The van der Waals surface area contributed by atoms with Crippen LogP contribution in [0.15, 0.2) is 11.8 Å². The first-order valence-corrected chi connectivity index (χ1v) is 3.37. The van der Waals surface area contributed by atoms with E-state index in [4.69, 9.17) is 0 Å². The first kappa shape index (κ1) is 7.12. The summed E-state index contributed by atoms with van der Waals surface area (Å²) in [4.78, 5) is 12.7. The van der Waals surface area contributed by atoms with Crippen molar-refractivity contribution in [3.63, 3.8) is 0 Å². The van der Waals surface area contributed by atoms with Crippen molar-refractivity contribution in [2.75, 3.05) is 20.6 Å². The van der Waals surface area contributed by atoms with Crippen LogP contribution in [0.2, 0.25) is 0 Å². The van der Waals surface area contributed by atoms with Crippen LogP contribution in [0, 0.1) is 0 Å². The van der Waals surface area contributed by atoms with Crippen molar-refractivity contribution in [3.8, 4) is 0 Å². The van der Waals surface area contributed by atoms with E-state index in [0.29, 0.717) is 0 Å². The van der Waals surface area contributed by atoms with Crippen LogP contribution in [0.25, 0.3) is 0 Å². The number of hydrogen-bond acceptors (Lipinski definition) is 2. The summed E-state index contributed by atoms with van der Waals surface area (Å²) in [6, 6.07) is 0. The van der Waals surface area contributed by atoms with Crippen LogP contribution in [-0.2, 0) is 4.79 Å². The lowest BCUT2D eigenvalue weighted by Gasteiger charge is -2.21. The Balaban J connectivity index is 2.66. The van der Waals surface area contributed by atoms with Gasteiger partial charge in [-0.3, -0.25) is 4.79 Å². The maximum absolute atomic E-state index is 11.0. The average Bonchev–Trinajstić information content (AvgIpc) is 1.95. The fraction of sp³-hybridized carbons (Fsp3) is 0.571. The van der Waals surface area contributed by atoms with Crippen LogP contribution in [-0.4, -0.2) is 31.4 Å². The summed E-state index contributed by atoms with van der Waals surface area (Å²) in [6.45, 7) is 0.825. The van der Waals surface area contributed by atoms with E-state index >= 15 is 0 Å². The highest BCUT2D eigenvalue weighted by atomic mass is 16.2. The predicted molar refractivity (Wildman–Crippen MR) is 39.4 cm³/mol. The van der Waals surface area contributed by atoms with E-state index in [9.17, 15) is 4.79 Å². The molecule has 56 valence electrons. The number of rotatable bonds is 1. The minimum Gasteiger partial charge on any atom is -0.391 e. The minimum atomic E-state index is 0.0931. The van der Waals surface area contributed by atoms with Gasteiger partial charge in [0.25, 0.3) is 0 Å². The molecule has 0 atom stereocenters. The largest absolute Gasteiger partial charge is 0.391 e. The maximum Gasteiger partial charge on any atom is 0.248 e. The smallest absolute Gasteiger partial charge is 0.248 e. The summed E-state index contributed by atoms with van der Waals surface area (Å²) in [6.07, 6.45) is 2.59. The molecule has 1 aliphatic rings. The van der Waals surface area contributed by atoms with Gasteiger partial charge in [-0.25, -0.2) is 0 Å². The first-order chi connectivity index (χ1) is 4.74. The average molecular weight is 140 g/mol. The summed E-state index contributed by atoms with van der Waals surface area (Å²) in [5, 5.41) is 2.97. The van der Waals surface area contributed by atoms with Crippen LogP contribution >= 0.6 is 0 Å². The molecule has 0 unspecified atom stereocenters. The highest BCUT2D eigenvalue weighted by Gasteiger charge is 2.12. The Hall–Kier alpha value is -0.990. The molecule has 0 aromatic rings. The third kappa shape index (κ3) is 1.29. The highest BCUT2D eigenvalue weighted by Crippen LogP contribution is 2.05. The van der Waals surface area contributed by atoms with Gasteiger partial charge >= 0.3 is 0 Å². The zero-order chi connectivity index (χ0) is 7.56.